The van der Waals surface area contributed by atoms with Crippen molar-refractivity contribution < 1.29 is 0 Å². The molecule has 1 saturated heterocycles. The largest absolute Gasteiger partial charge is 0.328 e. The number of hydrogen-bond donors (Lipinski definition) is 2. The van der Waals surface area contributed by atoms with Crippen LogP contribution in [-0.2, 0) is 0 Å². The molecule has 0 saturated carbocycles. The first-order chi connectivity index (χ1) is 8.25. The van der Waals surface area contributed by atoms with Crippen molar-refractivity contribution in [3.05, 3.63) is 28.7 Å². The molecule has 3 N–H and O–H groups in total. The van der Waals surface area contributed by atoms with Crippen LogP contribution in [0.5, 0.6) is 0 Å². The summed E-state index contributed by atoms with van der Waals surface area (Å²) >= 11 is 7.36. The van der Waals surface area contributed by atoms with E-state index in [4.69, 9.17) is 17.3 Å². The maximum atomic E-state index is 5.75. The van der Waals surface area contributed by atoms with Gasteiger partial charge in [-0.15, -0.1) is 11.3 Å². The number of piperidine rings is 1. The van der Waals surface area contributed by atoms with Gasteiger partial charge in [0.25, 0.3) is 0 Å². The minimum Gasteiger partial charge on any atom is -0.328 e. The van der Waals surface area contributed by atoms with Crippen LogP contribution in [0.3, 0.4) is 0 Å². The van der Waals surface area contributed by atoms with Crippen LogP contribution >= 0.6 is 22.9 Å². The van der Waals surface area contributed by atoms with Crippen molar-refractivity contribution in [2.75, 3.05) is 13.1 Å². The summed E-state index contributed by atoms with van der Waals surface area (Å²) in [6.45, 7) is 2.22. The average molecular weight is 270 g/mol. The van der Waals surface area contributed by atoms with Crippen LogP contribution < -0.4 is 11.1 Å². The maximum Gasteiger partial charge on any atom is 0.0813 e. The summed E-state index contributed by atoms with van der Waals surface area (Å²) in [6, 6.07) is 6.17. The van der Waals surface area contributed by atoms with Gasteiger partial charge in [0, 0.05) is 11.1 Å². The molecule has 3 rings (SSSR count). The molecule has 1 aliphatic rings. The molecule has 0 aliphatic carbocycles. The first-order valence-electron chi connectivity index (χ1n) is 5.71. The lowest BCUT2D eigenvalue weighted by Gasteiger charge is -2.17. The lowest BCUT2D eigenvalue weighted by molar-refractivity contribution is 0.458. The summed E-state index contributed by atoms with van der Waals surface area (Å²) in [4.78, 5) is 4.12. The predicted molar refractivity (Wildman–Crippen MR) is 74.7 cm³/mol. The molecule has 0 radical (unpaired) electrons. The Balaban J connectivity index is 0.000000136. The summed E-state index contributed by atoms with van der Waals surface area (Å²) in [7, 11) is 0. The molecule has 92 valence electrons. The van der Waals surface area contributed by atoms with Crippen molar-refractivity contribution in [1.29, 1.82) is 0 Å². The molecule has 5 heteroatoms. The molecule has 3 nitrogen and oxygen atoms in total. The van der Waals surface area contributed by atoms with Crippen LogP contribution in [0.4, 0.5) is 0 Å². The van der Waals surface area contributed by atoms with Crippen LogP contribution in [0.2, 0.25) is 5.02 Å². The van der Waals surface area contributed by atoms with Crippen LogP contribution in [0.25, 0.3) is 10.2 Å². The van der Waals surface area contributed by atoms with Gasteiger partial charge in [-0.3, -0.25) is 0 Å². The number of fused-ring (bicyclic) bond motifs is 1. The maximum absolute atomic E-state index is 5.75. The zero-order chi connectivity index (χ0) is 12.1. The van der Waals surface area contributed by atoms with Crippen LogP contribution in [0.1, 0.15) is 12.8 Å². The molecule has 1 aromatic carbocycles. The SMILES string of the molecule is Clc1ccc2ncsc2c1.NC1CCNCC1. The Hall–Kier alpha value is -0.680. The number of halogens is 1. The van der Waals surface area contributed by atoms with E-state index in [9.17, 15) is 0 Å². The highest BCUT2D eigenvalue weighted by Gasteiger charge is 2.05. The molecule has 0 amide bonds. The van der Waals surface area contributed by atoms with Gasteiger partial charge >= 0.3 is 0 Å². The van der Waals surface area contributed by atoms with Gasteiger partial charge in [-0.05, 0) is 44.1 Å². The highest BCUT2D eigenvalue weighted by molar-refractivity contribution is 7.16. The lowest BCUT2D eigenvalue weighted by atomic mass is 10.1. The Morgan fingerprint density at radius 2 is 2.12 bits per heavy atom. The minimum absolute atomic E-state index is 0.473. The van der Waals surface area contributed by atoms with Crippen molar-refractivity contribution in [3.8, 4) is 0 Å². The third-order valence-corrected chi connectivity index (χ3v) is 3.70. The number of thiazole rings is 1. The van der Waals surface area contributed by atoms with Gasteiger partial charge in [-0.25, -0.2) is 4.98 Å². The Morgan fingerprint density at radius 3 is 2.76 bits per heavy atom. The second kappa shape index (κ2) is 6.31. The zero-order valence-electron chi connectivity index (χ0n) is 9.53. The number of nitrogens with two attached hydrogens (primary N) is 1. The van der Waals surface area contributed by atoms with E-state index in [2.05, 4.69) is 10.3 Å². The Bertz CT molecular complexity index is 465. The van der Waals surface area contributed by atoms with Crippen molar-refractivity contribution in [3.63, 3.8) is 0 Å². The van der Waals surface area contributed by atoms with E-state index in [-0.39, 0.29) is 0 Å². The number of aromatic nitrogens is 1. The molecular formula is C12H16ClN3S. The van der Waals surface area contributed by atoms with Crippen LogP contribution in [-0.4, -0.2) is 24.1 Å². The lowest BCUT2D eigenvalue weighted by Crippen LogP contribution is -2.35. The van der Waals surface area contributed by atoms with E-state index in [0.29, 0.717) is 6.04 Å². The van der Waals surface area contributed by atoms with E-state index in [1.54, 1.807) is 11.3 Å². The molecular weight excluding hydrogens is 254 g/mol. The molecule has 17 heavy (non-hydrogen) atoms. The monoisotopic (exact) mass is 269 g/mol. The molecule has 1 aromatic heterocycles. The molecule has 1 aliphatic heterocycles. The second-order valence-corrected chi connectivity index (χ2v) is 5.37. The van der Waals surface area contributed by atoms with Crippen molar-refractivity contribution in [1.82, 2.24) is 10.3 Å². The van der Waals surface area contributed by atoms with Gasteiger partial charge in [-0.1, -0.05) is 11.6 Å². The summed E-state index contributed by atoms with van der Waals surface area (Å²) in [5.74, 6) is 0. The topological polar surface area (TPSA) is 50.9 Å². The Morgan fingerprint density at radius 1 is 1.35 bits per heavy atom. The third-order valence-electron chi connectivity index (χ3n) is 2.68. The van der Waals surface area contributed by atoms with E-state index < -0.39 is 0 Å². The van der Waals surface area contributed by atoms with Gasteiger partial charge in [0.15, 0.2) is 0 Å². The standard InChI is InChI=1S/C7H4ClNS.C5H12N2/c8-5-1-2-6-7(3-5)10-4-9-6;6-5-1-3-7-4-2-5/h1-4H;5,7H,1-4,6H2. The highest BCUT2D eigenvalue weighted by Crippen LogP contribution is 2.21. The smallest absolute Gasteiger partial charge is 0.0813 e. The normalized spacial score (nSPS) is 16.6. The third kappa shape index (κ3) is 3.92. The molecule has 0 atom stereocenters. The quantitative estimate of drug-likeness (QED) is 0.773. The minimum atomic E-state index is 0.473. The fourth-order valence-electron chi connectivity index (χ4n) is 1.67. The summed E-state index contributed by atoms with van der Waals surface area (Å²) < 4.78 is 1.15. The fraction of sp³-hybridized carbons (Fsp3) is 0.417. The summed E-state index contributed by atoms with van der Waals surface area (Å²) in [5, 5.41) is 4.01. The van der Waals surface area contributed by atoms with E-state index in [1.807, 2.05) is 23.7 Å². The molecule has 1 fully saturated rings. The molecule has 2 aromatic rings. The summed E-state index contributed by atoms with van der Waals surface area (Å²) in [5.41, 5.74) is 8.44. The molecule has 0 spiro atoms. The van der Waals surface area contributed by atoms with Crippen LogP contribution in [0, 0.1) is 0 Å². The van der Waals surface area contributed by atoms with Crippen LogP contribution in [0.15, 0.2) is 23.7 Å². The first-order valence-corrected chi connectivity index (χ1v) is 6.96. The van der Waals surface area contributed by atoms with E-state index in [0.717, 1.165) is 41.2 Å². The number of nitrogens with one attached hydrogen (secondary N) is 1. The molecule has 0 bridgehead atoms. The molecule has 0 unspecified atom stereocenters. The van der Waals surface area contributed by atoms with Crippen molar-refractivity contribution in [2.45, 2.75) is 18.9 Å². The number of rotatable bonds is 0. The van der Waals surface area contributed by atoms with Gasteiger partial charge in [0.2, 0.25) is 0 Å². The van der Waals surface area contributed by atoms with E-state index >= 15 is 0 Å². The fourth-order valence-corrected chi connectivity index (χ4v) is 2.63. The molecule has 2 heterocycles. The zero-order valence-corrected chi connectivity index (χ0v) is 11.1. The summed E-state index contributed by atoms with van der Waals surface area (Å²) in [6.07, 6.45) is 2.31. The van der Waals surface area contributed by atoms with E-state index in [1.165, 1.54) is 0 Å². The average Bonchev–Trinajstić information content (AvgIpc) is 2.78. The number of nitrogens with zero attached hydrogens (tertiary/aromatic N) is 1. The number of hydrogen-bond acceptors (Lipinski definition) is 4. The highest BCUT2D eigenvalue weighted by atomic mass is 35.5. The predicted octanol–water partition coefficient (Wildman–Crippen LogP) is 2.65. The van der Waals surface area contributed by atoms with Crippen molar-refractivity contribution >= 4 is 33.2 Å². The Kier molecular flexibility index (Phi) is 4.74. The van der Waals surface area contributed by atoms with Crippen molar-refractivity contribution in [2.24, 2.45) is 5.73 Å². The van der Waals surface area contributed by atoms with Gasteiger partial charge in [0.05, 0.1) is 15.7 Å². The number of benzene rings is 1. The van der Waals surface area contributed by atoms with Gasteiger partial charge < -0.3 is 11.1 Å². The van der Waals surface area contributed by atoms with Gasteiger partial charge in [0.1, 0.15) is 0 Å². The second-order valence-electron chi connectivity index (χ2n) is 4.05. The van der Waals surface area contributed by atoms with Gasteiger partial charge in [-0.2, -0.15) is 0 Å². The first kappa shape index (κ1) is 12.8. The Labute approximate surface area is 110 Å².